The largest absolute Gasteiger partial charge is 0.478 e. The summed E-state index contributed by atoms with van der Waals surface area (Å²) in [5.41, 5.74) is 2.36. The predicted molar refractivity (Wildman–Crippen MR) is 144 cm³/mol. The third kappa shape index (κ3) is 5.34. The maximum absolute atomic E-state index is 11.5. The Bertz CT molecular complexity index is 1550. The number of ether oxygens (including phenoxy) is 2. The van der Waals surface area contributed by atoms with Gasteiger partial charge in [0, 0.05) is 6.42 Å². The Hall–Kier alpha value is -5.10. The summed E-state index contributed by atoms with van der Waals surface area (Å²) in [7, 11) is 0. The van der Waals surface area contributed by atoms with Gasteiger partial charge in [-0.3, -0.25) is 0 Å². The Morgan fingerprint density at radius 3 is 1.92 bits per heavy atom. The number of rotatable bonds is 8. The molecule has 4 aromatic rings. The van der Waals surface area contributed by atoms with Gasteiger partial charge in [-0.05, 0) is 71.3 Å². The zero-order valence-electron chi connectivity index (χ0n) is 20.3. The molecule has 0 heterocycles. The van der Waals surface area contributed by atoms with E-state index in [1.54, 1.807) is 24.3 Å². The molecule has 0 amide bonds. The Morgan fingerprint density at radius 2 is 1.29 bits per heavy atom. The van der Waals surface area contributed by atoms with Gasteiger partial charge in [-0.2, -0.15) is 0 Å². The molecule has 0 spiro atoms. The number of carboxylic acids is 2. The van der Waals surface area contributed by atoms with E-state index in [1.165, 1.54) is 24.3 Å². The zero-order chi connectivity index (χ0) is 26.5. The predicted octanol–water partition coefficient (Wildman–Crippen LogP) is 7.19. The molecular formula is C32H24O6. The Morgan fingerprint density at radius 1 is 0.684 bits per heavy atom. The molecule has 0 radical (unpaired) electrons. The highest BCUT2D eigenvalue weighted by molar-refractivity contribution is 5.88. The van der Waals surface area contributed by atoms with E-state index in [9.17, 15) is 19.8 Å². The van der Waals surface area contributed by atoms with E-state index in [0.29, 0.717) is 23.7 Å². The first-order valence-corrected chi connectivity index (χ1v) is 12.0. The van der Waals surface area contributed by atoms with Crippen LogP contribution in [0.1, 0.15) is 38.3 Å². The fraction of sp³-hybridized carbons (Fsp3) is 0.0625. The highest BCUT2D eigenvalue weighted by Crippen LogP contribution is 2.39. The third-order valence-electron chi connectivity index (χ3n) is 6.28. The van der Waals surface area contributed by atoms with E-state index in [0.717, 1.165) is 16.7 Å². The van der Waals surface area contributed by atoms with E-state index in [4.69, 9.17) is 9.47 Å². The van der Waals surface area contributed by atoms with Crippen molar-refractivity contribution in [3.63, 3.8) is 0 Å². The number of benzene rings is 4. The molecule has 4 aromatic carbocycles. The van der Waals surface area contributed by atoms with Crippen LogP contribution in [0.4, 0.5) is 0 Å². The number of hydrogen-bond acceptors (Lipinski definition) is 4. The highest BCUT2D eigenvalue weighted by atomic mass is 16.5. The molecule has 0 aliphatic heterocycles. The topological polar surface area (TPSA) is 93.1 Å². The standard InChI is InChI=1S/C32H24O6/c33-30(34)24-8-5-13-28(20-24)37-27-12-4-7-23(19-27)22-15-17-32(18-16-22,26-10-2-1-3-11-26)38-29-14-6-9-25(21-29)31(35)36/h1-17,19-21H,18H2,(H,33,34)(H,35,36). The molecule has 6 heteroatoms. The summed E-state index contributed by atoms with van der Waals surface area (Å²) < 4.78 is 12.4. The van der Waals surface area contributed by atoms with Crippen molar-refractivity contribution < 1.29 is 29.3 Å². The fourth-order valence-corrected chi connectivity index (χ4v) is 4.38. The SMILES string of the molecule is O=C(O)c1cccc(Oc2cccc(C3=CCC(Oc4cccc(C(=O)O)c4)(c4ccccc4)C=C3)c2)c1. The second kappa shape index (κ2) is 10.5. The van der Waals surface area contributed by atoms with Crippen molar-refractivity contribution in [1.29, 1.82) is 0 Å². The molecule has 6 nitrogen and oxygen atoms in total. The molecule has 0 fully saturated rings. The lowest BCUT2D eigenvalue weighted by atomic mass is 9.84. The fourth-order valence-electron chi connectivity index (χ4n) is 4.38. The smallest absolute Gasteiger partial charge is 0.335 e. The van der Waals surface area contributed by atoms with Crippen LogP contribution in [-0.4, -0.2) is 22.2 Å². The lowest BCUT2D eigenvalue weighted by Crippen LogP contribution is -2.32. The second-order valence-corrected chi connectivity index (χ2v) is 8.85. The van der Waals surface area contributed by atoms with Crippen LogP contribution in [0.25, 0.3) is 5.57 Å². The molecule has 1 atom stereocenters. The molecule has 0 aromatic heterocycles. The summed E-state index contributed by atoms with van der Waals surface area (Å²) >= 11 is 0. The minimum atomic E-state index is -1.01. The summed E-state index contributed by atoms with van der Waals surface area (Å²) in [4.78, 5) is 22.7. The molecular weight excluding hydrogens is 480 g/mol. The summed E-state index contributed by atoms with van der Waals surface area (Å²) in [5.74, 6) is -0.534. The normalized spacial score (nSPS) is 16.4. The number of carbonyl (C=O) groups is 2. The molecule has 1 aliphatic carbocycles. The first-order valence-electron chi connectivity index (χ1n) is 12.0. The van der Waals surface area contributed by atoms with Crippen LogP contribution < -0.4 is 9.47 Å². The van der Waals surface area contributed by atoms with Gasteiger partial charge in [0.1, 0.15) is 17.2 Å². The second-order valence-electron chi connectivity index (χ2n) is 8.85. The monoisotopic (exact) mass is 504 g/mol. The lowest BCUT2D eigenvalue weighted by Gasteiger charge is -2.34. The van der Waals surface area contributed by atoms with E-state index in [2.05, 4.69) is 6.08 Å². The quantitative estimate of drug-likeness (QED) is 0.264. The summed E-state index contributed by atoms with van der Waals surface area (Å²) in [5, 5.41) is 18.6. The van der Waals surface area contributed by atoms with Gasteiger partial charge < -0.3 is 19.7 Å². The Balaban J connectivity index is 1.41. The van der Waals surface area contributed by atoms with Crippen LogP contribution in [-0.2, 0) is 5.60 Å². The van der Waals surface area contributed by atoms with Gasteiger partial charge in [0.05, 0.1) is 11.1 Å². The van der Waals surface area contributed by atoms with Crippen LogP contribution in [0.15, 0.2) is 121 Å². The van der Waals surface area contributed by atoms with Gasteiger partial charge in [-0.15, -0.1) is 0 Å². The van der Waals surface area contributed by atoms with Crippen molar-refractivity contribution in [3.8, 4) is 17.2 Å². The lowest BCUT2D eigenvalue weighted by molar-refractivity contribution is 0.0685. The van der Waals surface area contributed by atoms with Crippen LogP contribution in [0.5, 0.6) is 17.2 Å². The van der Waals surface area contributed by atoms with E-state index >= 15 is 0 Å². The first-order chi connectivity index (χ1) is 18.4. The van der Waals surface area contributed by atoms with Crippen LogP contribution in [0.3, 0.4) is 0 Å². The van der Waals surface area contributed by atoms with Crippen LogP contribution in [0, 0.1) is 0 Å². The van der Waals surface area contributed by atoms with Crippen molar-refractivity contribution in [2.24, 2.45) is 0 Å². The molecule has 0 saturated carbocycles. The van der Waals surface area contributed by atoms with Crippen molar-refractivity contribution in [3.05, 3.63) is 144 Å². The maximum Gasteiger partial charge on any atom is 0.335 e. The Labute approximate surface area is 219 Å². The summed E-state index contributed by atoms with van der Waals surface area (Å²) in [6, 6.07) is 30.2. The van der Waals surface area contributed by atoms with Gasteiger partial charge in [-0.1, -0.05) is 66.7 Å². The van der Waals surface area contributed by atoms with Crippen molar-refractivity contribution in [1.82, 2.24) is 0 Å². The molecule has 0 saturated heterocycles. The molecule has 0 bridgehead atoms. The molecule has 1 unspecified atom stereocenters. The molecule has 2 N–H and O–H groups in total. The van der Waals surface area contributed by atoms with E-state index in [1.807, 2.05) is 66.7 Å². The molecule has 188 valence electrons. The van der Waals surface area contributed by atoms with Crippen LogP contribution >= 0.6 is 0 Å². The molecule has 1 aliphatic rings. The Kier molecular flexibility index (Phi) is 6.78. The minimum absolute atomic E-state index is 0.155. The van der Waals surface area contributed by atoms with Gasteiger partial charge in [-0.25, -0.2) is 9.59 Å². The molecule has 5 rings (SSSR count). The van der Waals surface area contributed by atoms with E-state index in [-0.39, 0.29) is 11.1 Å². The summed E-state index contributed by atoms with van der Waals surface area (Å²) in [6.45, 7) is 0. The van der Waals surface area contributed by atoms with E-state index < -0.39 is 17.5 Å². The number of allylic oxidation sites excluding steroid dienone is 2. The minimum Gasteiger partial charge on any atom is -0.478 e. The van der Waals surface area contributed by atoms with Gasteiger partial charge >= 0.3 is 11.9 Å². The highest BCUT2D eigenvalue weighted by Gasteiger charge is 2.33. The van der Waals surface area contributed by atoms with Gasteiger partial charge in [0.15, 0.2) is 5.60 Å². The summed E-state index contributed by atoms with van der Waals surface area (Å²) in [6.07, 6.45) is 6.58. The van der Waals surface area contributed by atoms with Crippen LogP contribution in [0.2, 0.25) is 0 Å². The van der Waals surface area contributed by atoms with Crippen molar-refractivity contribution in [2.45, 2.75) is 12.0 Å². The molecule has 38 heavy (non-hydrogen) atoms. The van der Waals surface area contributed by atoms with Crippen molar-refractivity contribution in [2.75, 3.05) is 0 Å². The first kappa shape index (κ1) is 24.6. The third-order valence-corrected chi connectivity index (χ3v) is 6.28. The number of aromatic carboxylic acids is 2. The average Bonchev–Trinajstić information content (AvgIpc) is 2.94. The zero-order valence-corrected chi connectivity index (χ0v) is 20.3. The maximum atomic E-state index is 11.5. The average molecular weight is 505 g/mol. The van der Waals surface area contributed by atoms with Gasteiger partial charge in [0.25, 0.3) is 0 Å². The van der Waals surface area contributed by atoms with Gasteiger partial charge in [0.2, 0.25) is 0 Å². The number of carboxylic acid groups (broad SMARTS) is 2. The number of hydrogen-bond donors (Lipinski definition) is 2. The van der Waals surface area contributed by atoms with Crippen molar-refractivity contribution >= 4 is 17.5 Å².